The maximum absolute atomic E-state index is 12.3. The molecule has 8 heteroatoms. The van der Waals surface area contributed by atoms with E-state index in [1.807, 2.05) is 6.92 Å². The van der Waals surface area contributed by atoms with Gasteiger partial charge in [-0.05, 0) is 13.0 Å². The molecule has 0 aromatic carbocycles. The summed E-state index contributed by atoms with van der Waals surface area (Å²) < 4.78 is 29.4. The monoisotopic (exact) mass is 287 g/mol. The van der Waals surface area contributed by atoms with E-state index in [1.165, 1.54) is 12.3 Å². The van der Waals surface area contributed by atoms with Gasteiger partial charge in [0.05, 0.1) is 13.2 Å². The summed E-state index contributed by atoms with van der Waals surface area (Å²) in [6.45, 7) is 4.36. The Balaban J connectivity index is 2.32. The van der Waals surface area contributed by atoms with Crippen molar-refractivity contribution in [3.8, 4) is 0 Å². The Bertz CT molecular complexity index is 573. The summed E-state index contributed by atoms with van der Waals surface area (Å²) in [7, 11) is -3.80. The largest absolute Gasteiger partial charge is 0.378 e. The number of morpholine rings is 1. The highest BCUT2D eigenvalue weighted by atomic mass is 32.2. The van der Waals surface area contributed by atoms with Gasteiger partial charge in [0.1, 0.15) is 10.6 Å². The van der Waals surface area contributed by atoms with Gasteiger partial charge in [-0.3, -0.25) is 4.79 Å². The third-order valence-corrected chi connectivity index (χ3v) is 3.94. The SMILES string of the molecule is CCn1cc(S(N)(=O)=O)cc1C(=O)N1CCOCC1. The first kappa shape index (κ1) is 14.0. The van der Waals surface area contributed by atoms with Gasteiger partial charge in [-0.2, -0.15) is 0 Å². The van der Waals surface area contributed by atoms with Gasteiger partial charge in [-0.1, -0.05) is 0 Å². The molecule has 0 aliphatic carbocycles. The quantitative estimate of drug-likeness (QED) is 0.820. The van der Waals surface area contributed by atoms with Gasteiger partial charge in [-0.15, -0.1) is 0 Å². The zero-order chi connectivity index (χ0) is 14.0. The minimum atomic E-state index is -3.80. The lowest BCUT2D eigenvalue weighted by Gasteiger charge is -2.27. The van der Waals surface area contributed by atoms with Gasteiger partial charge in [-0.25, -0.2) is 13.6 Å². The number of carbonyl (C=O) groups is 1. The molecule has 1 saturated heterocycles. The van der Waals surface area contributed by atoms with Crippen LogP contribution in [0.25, 0.3) is 0 Å². The molecule has 0 spiro atoms. The number of sulfonamides is 1. The Morgan fingerprint density at radius 2 is 2.05 bits per heavy atom. The topological polar surface area (TPSA) is 94.6 Å². The van der Waals surface area contributed by atoms with Crippen molar-refractivity contribution in [3.05, 3.63) is 18.0 Å². The molecule has 0 radical (unpaired) electrons. The van der Waals surface area contributed by atoms with E-state index in [0.717, 1.165) is 0 Å². The molecular formula is C11H17N3O4S. The summed E-state index contributed by atoms with van der Waals surface area (Å²) in [5.41, 5.74) is 0.341. The first-order valence-corrected chi connectivity index (χ1v) is 7.58. The van der Waals surface area contributed by atoms with Crippen LogP contribution in [0.3, 0.4) is 0 Å². The molecule has 1 fully saturated rings. The highest BCUT2D eigenvalue weighted by Gasteiger charge is 2.24. The molecule has 0 saturated carbocycles. The van der Waals surface area contributed by atoms with Crippen molar-refractivity contribution in [2.24, 2.45) is 5.14 Å². The van der Waals surface area contributed by atoms with E-state index < -0.39 is 10.0 Å². The van der Waals surface area contributed by atoms with Crippen molar-refractivity contribution in [1.29, 1.82) is 0 Å². The minimum Gasteiger partial charge on any atom is -0.378 e. The molecule has 1 aliphatic rings. The lowest BCUT2D eigenvalue weighted by Crippen LogP contribution is -2.41. The molecular weight excluding hydrogens is 270 g/mol. The van der Waals surface area contributed by atoms with Crippen LogP contribution in [0.2, 0.25) is 0 Å². The second kappa shape index (κ2) is 5.32. The second-order valence-corrected chi connectivity index (χ2v) is 5.86. The van der Waals surface area contributed by atoms with Gasteiger partial charge >= 0.3 is 0 Å². The average molecular weight is 287 g/mol. The summed E-state index contributed by atoms with van der Waals surface area (Å²) in [6, 6.07) is 1.33. The van der Waals surface area contributed by atoms with E-state index in [9.17, 15) is 13.2 Å². The molecule has 0 unspecified atom stereocenters. The molecule has 1 aromatic rings. The predicted octanol–water partition coefficient (Wildman–Crippen LogP) is -0.372. The molecule has 2 N–H and O–H groups in total. The maximum atomic E-state index is 12.3. The van der Waals surface area contributed by atoms with Crippen molar-refractivity contribution in [1.82, 2.24) is 9.47 Å². The summed E-state index contributed by atoms with van der Waals surface area (Å²) in [5.74, 6) is -0.194. The molecule has 1 aliphatic heterocycles. The number of primary sulfonamides is 1. The van der Waals surface area contributed by atoms with Crippen LogP contribution in [0.15, 0.2) is 17.2 Å². The highest BCUT2D eigenvalue weighted by molar-refractivity contribution is 7.89. The zero-order valence-corrected chi connectivity index (χ0v) is 11.5. The number of hydrogen-bond donors (Lipinski definition) is 1. The Labute approximate surface area is 112 Å². The Morgan fingerprint density at radius 1 is 1.42 bits per heavy atom. The minimum absolute atomic E-state index is 0.0361. The number of aryl methyl sites for hydroxylation is 1. The van der Waals surface area contributed by atoms with Crippen molar-refractivity contribution in [2.75, 3.05) is 26.3 Å². The van der Waals surface area contributed by atoms with E-state index in [1.54, 1.807) is 9.47 Å². The average Bonchev–Trinajstić information content (AvgIpc) is 2.83. The summed E-state index contributed by atoms with van der Waals surface area (Å²) >= 11 is 0. The van der Waals surface area contributed by atoms with Crippen LogP contribution >= 0.6 is 0 Å². The van der Waals surface area contributed by atoms with E-state index in [2.05, 4.69) is 0 Å². The summed E-state index contributed by atoms with van der Waals surface area (Å²) in [6.07, 6.45) is 1.39. The van der Waals surface area contributed by atoms with Crippen molar-refractivity contribution < 1.29 is 17.9 Å². The molecule has 0 bridgehead atoms. The fourth-order valence-corrected chi connectivity index (χ4v) is 2.56. The van der Waals surface area contributed by atoms with Gasteiger partial charge in [0.25, 0.3) is 5.91 Å². The van der Waals surface area contributed by atoms with Gasteiger partial charge < -0.3 is 14.2 Å². The second-order valence-electron chi connectivity index (χ2n) is 4.30. The van der Waals surface area contributed by atoms with Gasteiger partial charge in [0.15, 0.2) is 0 Å². The first-order chi connectivity index (χ1) is 8.93. The number of nitrogens with two attached hydrogens (primary N) is 1. The standard InChI is InChI=1S/C11H17N3O4S/c1-2-13-8-9(19(12,16)17)7-10(13)11(15)14-3-5-18-6-4-14/h7-8H,2-6H2,1H3,(H2,12,16,17). The third-order valence-electron chi connectivity index (χ3n) is 3.06. The molecule has 19 heavy (non-hydrogen) atoms. The van der Waals surface area contributed by atoms with E-state index >= 15 is 0 Å². The number of carbonyl (C=O) groups excluding carboxylic acids is 1. The fraction of sp³-hybridized carbons (Fsp3) is 0.545. The lowest BCUT2D eigenvalue weighted by atomic mass is 10.3. The maximum Gasteiger partial charge on any atom is 0.270 e. The number of ether oxygens (including phenoxy) is 1. The smallest absolute Gasteiger partial charge is 0.270 e. The Hall–Kier alpha value is -1.38. The van der Waals surface area contributed by atoms with Crippen LogP contribution in [0.4, 0.5) is 0 Å². The number of aromatic nitrogens is 1. The van der Waals surface area contributed by atoms with Crippen LogP contribution in [-0.4, -0.2) is 50.1 Å². The number of hydrogen-bond acceptors (Lipinski definition) is 4. The molecule has 0 atom stereocenters. The number of nitrogens with zero attached hydrogens (tertiary/aromatic N) is 2. The number of rotatable bonds is 3. The van der Waals surface area contributed by atoms with Crippen molar-refractivity contribution in [2.45, 2.75) is 18.4 Å². The Kier molecular flexibility index (Phi) is 3.93. The molecule has 106 valence electrons. The van der Waals surface area contributed by atoms with Crippen molar-refractivity contribution in [3.63, 3.8) is 0 Å². The van der Waals surface area contributed by atoms with Gasteiger partial charge in [0, 0.05) is 25.8 Å². The first-order valence-electron chi connectivity index (χ1n) is 6.03. The molecule has 1 amide bonds. The van der Waals surface area contributed by atoms with Gasteiger partial charge in [0.2, 0.25) is 10.0 Å². The highest BCUT2D eigenvalue weighted by Crippen LogP contribution is 2.16. The van der Waals surface area contributed by atoms with Crippen LogP contribution in [0.5, 0.6) is 0 Å². The molecule has 2 rings (SSSR count). The third kappa shape index (κ3) is 2.96. The van der Waals surface area contributed by atoms with E-state index in [4.69, 9.17) is 9.88 Å². The van der Waals surface area contributed by atoms with Crippen LogP contribution < -0.4 is 5.14 Å². The predicted molar refractivity (Wildman–Crippen MR) is 68.2 cm³/mol. The molecule has 1 aromatic heterocycles. The van der Waals surface area contributed by atoms with Crippen LogP contribution in [-0.2, 0) is 21.3 Å². The zero-order valence-electron chi connectivity index (χ0n) is 10.7. The lowest BCUT2D eigenvalue weighted by molar-refractivity contribution is 0.0296. The normalized spacial score (nSPS) is 16.6. The van der Waals surface area contributed by atoms with Crippen LogP contribution in [0.1, 0.15) is 17.4 Å². The summed E-state index contributed by atoms with van der Waals surface area (Å²) in [4.78, 5) is 13.9. The van der Waals surface area contributed by atoms with Crippen molar-refractivity contribution >= 4 is 15.9 Å². The summed E-state index contributed by atoms with van der Waals surface area (Å²) in [5, 5.41) is 5.09. The van der Waals surface area contributed by atoms with E-state index in [-0.39, 0.29) is 10.8 Å². The van der Waals surface area contributed by atoms with Crippen LogP contribution in [0, 0.1) is 0 Å². The fourth-order valence-electron chi connectivity index (χ4n) is 2.01. The Morgan fingerprint density at radius 3 is 2.58 bits per heavy atom. The molecule has 7 nitrogen and oxygen atoms in total. The molecule has 2 heterocycles. The number of amides is 1. The van der Waals surface area contributed by atoms with E-state index in [0.29, 0.717) is 38.5 Å².